The molecule has 1 aliphatic rings. The van der Waals surface area contributed by atoms with Crippen molar-refractivity contribution in [2.45, 2.75) is 18.1 Å². The lowest BCUT2D eigenvalue weighted by Crippen LogP contribution is -2.37. The van der Waals surface area contributed by atoms with Gasteiger partial charge in [-0.3, -0.25) is 4.79 Å². The fraction of sp³-hybridized carbons (Fsp3) is 0.286. The van der Waals surface area contributed by atoms with E-state index in [0.717, 1.165) is 35.3 Å². The van der Waals surface area contributed by atoms with Crippen LogP contribution in [0.25, 0.3) is 11.4 Å². The SMILES string of the molecule is COc1ccc(-c2nnc(SCC(=O)N3CCc4ccccc4C3)n2C)cc1. The first-order chi connectivity index (χ1) is 13.7. The highest BCUT2D eigenvalue weighted by molar-refractivity contribution is 7.99. The van der Waals surface area contributed by atoms with Gasteiger partial charge in [-0.15, -0.1) is 10.2 Å². The molecule has 7 heteroatoms. The van der Waals surface area contributed by atoms with E-state index < -0.39 is 0 Å². The van der Waals surface area contributed by atoms with Crippen molar-refractivity contribution in [1.82, 2.24) is 19.7 Å². The van der Waals surface area contributed by atoms with Crippen molar-refractivity contribution in [2.24, 2.45) is 7.05 Å². The Morgan fingerprint density at radius 1 is 1.11 bits per heavy atom. The van der Waals surface area contributed by atoms with Gasteiger partial charge in [0.2, 0.25) is 5.91 Å². The van der Waals surface area contributed by atoms with Crippen LogP contribution in [0.3, 0.4) is 0 Å². The summed E-state index contributed by atoms with van der Waals surface area (Å²) in [6.45, 7) is 1.46. The number of carbonyl (C=O) groups excluding carboxylic acids is 1. The van der Waals surface area contributed by atoms with Crippen LogP contribution in [-0.4, -0.2) is 45.0 Å². The first kappa shape index (κ1) is 18.6. The zero-order valence-corrected chi connectivity index (χ0v) is 16.8. The van der Waals surface area contributed by atoms with E-state index in [1.165, 1.54) is 22.9 Å². The lowest BCUT2D eigenvalue weighted by Gasteiger charge is -2.28. The highest BCUT2D eigenvalue weighted by Crippen LogP contribution is 2.25. The minimum absolute atomic E-state index is 0.133. The molecular formula is C21H22N4O2S. The van der Waals surface area contributed by atoms with Gasteiger partial charge in [-0.25, -0.2) is 0 Å². The van der Waals surface area contributed by atoms with Crippen LogP contribution in [0.4, 0.5) is 0 Å². The van der Waals surface area contributed by atoms with E-state index in [4.69, 9.17) is 4.74 Å². The second-order valence-electron chi connectivity index (χ2n) is 6.72. The van der Waals surface area contributed by atoms with E-state index in [9.17, 15) is 4.79 Å². The molecule has 2 aromatic carbocycles. The number of nitrogens with zero attached hydrogens (tertiary/aromatic N) is 4. The molecule has 0 unspecified atom stereocenters. The van der Waals surface area contributed by atoms with Crippen LogP contribution in [-0.2, 0) is 24.8 Å². The molecule has 6 nitrogen and oxygen atoms in total. The Morgan fingerprint density at radius 2 is 1.86 bits per heavy atom. The number of aromatic nitrogens is 3. The van der Waals surface area contributed by atoms with Gasteiger partial charge in [0.05, 0.1) is 12.9 Å². The number of hydrogen-bond acceptors (Lipinski definition) is 5. The second-order valence-corrected chi connectivity index (χ2v) is 7.66. The summed E-state index contributed by atoms with van der Waals surface area (Å²) in [5, 5.41) is 9.28. The fourth-order valence-corrected chi connectivity index (χ4v) is 4.17. The molecule has 1 amide bonds. The Bertz CT molecular complexity index is 984. The third kappa shape index (κ3) is 3.75. The van der Waals surface area contributed by atoms with E-state index in [0.29, 0.717) is 12.3 Å². The van der Waals surface area contributed by atoms with Crippen LogP contribution >= 0.6 is 11.8 Å². The van der Waals surface area contributed by atoms with E-state index in [2.05, 4.69) is 28.4 Å². The van der Waals surface area contributed by atoms with Gasteiger partial charge in [0.25, 0.3) is 0 Å². The number of ether oxygens (including phenoxy) is 1. The van der Waals surface area contributed by atoms with Gasteiger partial charge in [0.1, 0.15) is 5.75 Å². The molecule has 0 saturated carbocycles. The van der Waals surface area contributed by atoms with Crippen molar-refractivity contribution in [3.8, 4) is 17.1 Å². The average molecular weight is 395 g/mol. The van der Waals surface area contributed by atoms with Gasteiger partial charge in [-0.2, -0.15) is 0 Å². The maximum atomic E-state index is 12.7. The topological polar surface area (TPSA) is 60.3 Å². The Kier molecular flexibility index (Phi) is 5.34. The maximum absolute atomic E-state index is 12.7. The summed E-state index contributed by atoms with van der Waals surface area (Å²) in [5.41, 5.74) is 3.55. The quantitative estimate of drug-likeness (QED) is 0.622. The second kappa shape index (κ2) is 8.06. The van der Waals surface area contributed by atoms with E-state index >= 15 is 0 Å². The predicted octanol–water partition coefficient (Wildman–Crippen LogP) is 3.17. The number of rotatable bonds is 5. The molecule has 1 aliphatic heterocycles. The normalized spacial score (nSPS) is 13.3. The van der Waals surface area contributed by atoms with E-state index in [-0.39, 0.29) is 5.91 Å². The average Bonchev–Trinajstić information content (AvgIpc) is 3.12. The Hall–Kier alpha value is -2.80. The van der Waals surface area contributed by atoms with Gasteiger partial charge < -0.3 is 14.2 Å². The van der Waals surface area contributed by atoms with Gasteiger partial charge in [-0.05, 0) is 41.8 Å². The number of thioether (sulfide) groups is 1. The molecule has 0 saturated heterocycles. The fourth-order valence-electron chi connectivity index (χ4n) is 3.36. The largest absolute Gasteiger partial charge is 0.497 e. The Balaban J connectivity index is 1.40. The number of methoxy groups -OCH3 is 1. The summed E-state index contributed by atoms with van der Waals surface area (Å²) in [6.07, 6.45) is 0.915. The molecule has 0 bridgehead atoms. The number of carbonyl (C=O) groups is 1. The van der Waals surface area contributed by atoms with Gasteiger partial charge in [-0.1, -0.05) is 36.0 Å². The van der Waals surface area contributed by atoms with E-state index in [1.54, 1.807) is 7.11 Å². The van der Waals surface area contributed by atoms with Crippen LogP contribution in [0.15, 0.2) is 53.7 Å². The molecule has 0 radical (unpaired) electrons. The standard InChI is InChI=1S/C21H22N4O2S/c1-24-20(16-7-9-18(27-2)10-8-16)22-23-21(24)28-14-19(26)25-12-11-15-5-3-4-6-17(15)13-25/h3-10H,11-14H2,1-2H3. The number of benzene rings is 2. The zero-order valence-electron chi connectivity index (χ0n) is 16.0. The van der Waals surface area contributed by atoms with Crippen LogP contribution < -0.4 is 4.74 Å². The molecule has 144 valence electrons. The lowest BCUT2D eigenvalue weighted by molar-refractivity contribution is -0.129. The van der Waals surface area contributed by atoms with Crippen LogP contribution in [0.5, 0.6) is 5.75 Å². The number of fused-ring (bicyclic) bond motifs is 1. The van der Waals surface area contributed by atoms with Crippen molar-refractivity contribution in [2.75, 3.05) is 19.4 Å². The van der Waals surface area contributed by atoms with Crippen molar-refractivity contribution in [1.29, 1.82) is 0 Å². The van der Waals surface area contributed by atoms with Crippen LogP contribution in [0, 0.1) is 0 Å². The molecule has 0 spiro atoms. The summed E-state index contributed by atoms with van der Waals surface area (Å²) in [4.78, 5) is 14.6. The van der Waals surface area contributed by atoms with Crippen molar-refractivity contribution in [3.63, 3.8) is 0 Å². The molecule has 1 aromatic heterocycles. The minimum Gasteiger partial charge on any atom is -0.497 e. The molecule has 0 fully saturated rings. The molecule has 4 rings (SSSR count). The molecular weight excluding hydrogens is 372 g/mol. The third-order valence-electron chi connectivity index (χ3n) is 4.99. The molecule has 0 aliphatic carbocycles. The van der Waals surface area contributed by atoms with Crippen molar-refractivity contribution >= 4 is 17.7 Å². The molecule has 3 aromatic rings. The first-order valence-corrected chi connectivity index (χ1v) is 10.2. The number of amides is 1. The maximum Gasteiger partial charge on any atom is 0.233 e. The molecule has 0 N–H and O–H groups in total. The Morgan fingerprint density at radius 3 is 2.61 bits per heavy atom. The Labute approximate surface area is 168 Å². The highest BCUT2D eigenvalue weighted by atomic mass is 32.2. The van der Waals surface area contributed by atoms with Gasteiger partial charge >= 0.3 is 0 Å². The van der Waals surface area contributed by atoms with E-state index in [1.807, 2.05) is 46.8 Å². The summed E-state index contributed by atoms with van der Waals surface area (Å²) >= 11 is 1.43. The molecule has 2 heterocycles. The molecule has 28 heavy (non-hydrogen) atoms. The first-order valence-electron chi connectivity index (χ1n) is 9.17. The number of hydrogen-bond donors (Lipinski definition) is 0. The van der Waals surface area contributed by atoms with Crippen LogP contribution in [0.2, 0.25) is 0 Å². The smallest absolute Gasteiger partial charge is 0.233 e. The van der Waals surface area contributed by atoms with Crippen molar-refractivity contribution in [3.05, 3.63) is 59.7 Å². The van der Waals surface area contributed by atoms with Crippen LogP contribution in [0.1, 0.15) is 11.1 Å². The lowest BCUT2D eigenvalue weighted by atomic mass is 10.00. The van der Waals surface area contributed by atoms with Gasteiger partial charge in [0, 0.05) is 25.7 Å². The molecule has 0 atom stereocenters. The minimum atomic E-state index is 0.133. The zero-order chi connectivity index (χ0) is 19.5. The van der Waals surface area contributed by atoms with Gasteiger partial charge in [0.15, 0.2) is 11.0 Å². The summed E-state index contributed by atoms with van der Waals surface area (Å²) in [7, 11) is 3.56. The highest BCUT2D eigenvalue weighted by Gasteiger charge is 2.21. The summed E-state index contributed by atoms with van der Waals surface area (Å²) < 4.78 is 7.12. The summed E-state index contributed by atoms with van der Waals surface area (Å²) in [6, 6.07) is 16.0. The monoisotopic (exact) mass is 394 g/mol. The third-order valence-corrected chi connectivity index (χ3v) is 6.00. The predicted molar refractivity (Wildman–Crippen MR) is 109 cm³/mol. The van der Waals surface area contributed by atoms with Crippen molar-refractivity contribution < 1.29 is 9.53 Å². The summed E-state index contributed by atoms with van der Waals surface area (Å²) in [5.74, 6) is 2.06.